The van der Waals surface area contributed by atoms with Crippen LogP contribution in [0.5, 0.6) is 5.75 Å². The van der Waals surface area contributed by atoms with Crippen molar-refractivity contribution >= 4 is 0 Å². The average Bonchev–Trinajstić information content (AvgIpc) is 2.17. The summed E-state index contributed by atoms with van der Waals surface area (Å²) < 4.78 is 29.9. The Hall–Kier alpha value is -1.63. The van der Waals surface area contributed by atoms with Gasteiger partial charge in [-0.05, 0) is 31.2 Å². The maximum absolute atomic E-state index is 12.4. The van der Waals surface area contributed by atoms with Gasteiger partial charge in [0.2, 0.25) is 5.92 Å². The maximum Gasteiger partial charge on any atom is 0.248 e. The highest BCUT2D eigenvalue weighted by Crippen LogP contribution is 2.18. The van der Waals surface area contributed by atoms with Crippen LogP contribution in [0.25, 0.3) is 0 Å². The van der Waals surface area contributed by atoms with Gasteiger partial charge in [0.25, 0.3) is 0 Å². The van der Waals surface area contributed by atoms with Crippen LogP contribution in [0.15, 0.2) is 24.3 Å². The van der Waals surface area contributed by atoms with Crippen molar-refractivity contribution in [3.05, 3.63) is 29.8 Å². The van der Waals surface area contributed by atoms with Crippen molar-refractivity contribution in [2.24, 2.45) is 0 Å². The molecule has 0 spiro atoms. The molecule has 0 radical (unpaired) electrons. The number of halogens is 2. The molecule has 0 heterocycles. The molecular formula is C11H11F2NO. The lowest BCUT2D eigenvalue weighted by Crippen LogP contribution is -2.14. The first-order valence-corrected chi connectivity index (χ1v) is 4.52. The molecular weight excluding hydrogens is 200 g/mol. The van der Waals surface area contributed by atoms with Crippen molar-refractivity contribution in [2.45, 2.75) is 19.3 Å². The van der Waals surface area contributed by atoms with Crippen molar-refractivity contribution in [3.8, 4) is 11.8 Å². The number of rotatable bonds is 4. The summed E-state index contributed by atoms with van der Waals surface area (Å²) in [7, 11) is 0. The molecule has 15 heavy (non-hydrogen) atoms. The fourth-order valence-electron chi connectivity index (χ4n) is 0.974. The molecule has 4 heteroatoms. The van der Waals surface area contributed by atoms with E-state index in [4.69, 9.17) is 10.00 Å². The Bertz CT molecular complexity index is 348. The van der Waals surface area contributed by atoms with E-state index in [1.165, 1.54) is 0 Å². The van der Waals surface area contributed by atoms with Gasteiger partial charge in [0, 0.05) is 6.42 Å². The lowest BCUT2D eigenvalue weighted by molar-refractivity contribution is 0.000865. The Morgan fingerprint density at radius 2 is 1.93 bits per heavy atom. The maximum atomic E-state index is 12.4. The van der Waals surface area contributed by atoms with Gasteiger partial charge in [-0.1, -0.05) is 0 Å². The molecule has 0 fully saturated rings. The van der Waals surface area contributed by atoms with Crippen LogP contribution in [0.2, 0.25) is 0 Å². The summed E-state index contributed by atoms with van der Waals surface area (Å²) in [5, 5.41) is 8.52. The monoisotopic (exact) mass is 211 g/mol. The smallest absolute Gasteiger partial charge is 0.248 e. The Kier molecular flexibility index (Phi) is 3.62. The second-order valence-corrected chi connectivity index (χ2v) is 3.30. The number of ether oxygens (including phenoxy) is 1. The van der Waals surface area contributed by atoms with Crippen LogP contribution < -0.4 is 4.74 Å². The van der Waals surface area contributed by atoms with Gasteiger partial charge < -0.3 is 4.74 Å². The summed E-state index contributed by atoms with van der Waals surface area (Å²) in [5.74, 6) is -2.20. The highest BCUT2D eigenvalue weighted by Gasteiger charge is 2.20. The molecule has 0 amide bonds. The summed E-state index contributed by atoms with van der Waals surface area (Å²) in [6.07, 6.45) is -0.312. The number of benzene rings is 1. The number of nitrogens with zero attached hydrogens (tertiary/aromatic N) is 1. The van der Waals surface area contributed by atoms with E-state index in [9.17, 15) is 8.78 Å². The van der Waals surface area contributed by atoms with Gasteiger partial charge in [-0.2, -0.15) is 5.26 Å². The van der Waals surface area contributed by atoms with Crippen LogP contribution in [0.3, 0.4) is 0 Å². The zero-order valence-electron chi connectivity index (χ0n) is 8.34. The molecule has 0 N–H and O–H groups in total. The molecule has 0 bridgehead atoms. The van der Waals surface area contributed by atoms with E-state index < -0.39 is 5.92 Å². The van der Waals surface area contributed by atoms with Gasteiger partial charge in [0.1, 0.15) is 5.75 Å². The number of hydrogen-bond acceptors (Lipinski definition) is 2. The molecule has 0 atom stereocenters. The average molecular weight is 211 g/mol. The molecule has 1 aromatic rings. The Morgan fingerprint density at radius 1 is 1.33 bits per heavy atom. The molecule has 0 aromatic heterocycles. The quantitative estimate of drug-likeness (QED) is 0.767. The van der Waals surface area contributed by atoms with Crippen LogP contribution in [-0.2, 0) is 0 Å². The van der Waals surface area contributed by atoms with E-state index in [0.717, 1.165) is 6.92 Å². The van der Waals surface area contributed by atoms with E-state index in [1.54, 1.807) is 24.3 Å². The van der Waals surface area contributed by atoms with E-state index >= 15 is 0 Å². The Morgan fingerprint density at radius 3 is 2.40 bits per heavy atom. The summed E-state index contributed by atoms with van der Waals surface area (Å²) in [5.41, 5.74) is 0.517. The van der Waals surface area contributed by atoms with Crippen molar-refractivity contribution in [1.29, 1.82) is 5.26 Å². The minimum atomic E-state index is -2.70. The molecule has 0 aliphatic rings. The summed E-state index contributed by atoms with van der Waals surface area (Å²) in [4.78, 5) is 0. The predicted octanol–water partition coefficient (Wildman–Crippen LogP) is 2.98. The van der Waals surface area contributed by atoms with E-state index in [1.807, 2.05) is 6.07 Å². The molecule has 1 rings (SSSR count). The minimum absolute atomic E-state index is 0.0323. The summed E-state index contributed by atoms with van der Waals surface area (Å²) >= 11 is 0. The zero-order chi connectivity index (χ0) is 11.3. The molecule has 0 unspecified atom stereocenters. The zero-order valence-corrected chi connectivity index (χ0v) is 8.34. The van der Waals surface area contributed by atoms with Crippen LogP contribution >= 0.6 is 0 Å². The topological polar surface area (TPSA) is 33.0 Å². The van der Waals surface area contributed by atoms with Crippen LogP contribution in [0.1, 0.15) is 18.9 Å². The molecule has 1 aromatic carbocycles. The Labute approximate surface area is 87.1 Å². The lowest BCUT2D eigenvalue weighted by Gasteiger charge is -2.10. The first-order chi connectivity index (χ1) is 7.01. The Balaban J connectivity index is 2.42. The third kappa shape index (κ3) is 4.41. The minimum Gasteiger partial charge on any atom is -0.493 e. The second kappa shape index (κ2) is 4.74. The normalized spacial score (nSPS) is 10.8. The number of hydrogen-bond donors (Lipinski definition) is 0. The standard InChI is InChI=1S/C11H11F2NO/c1-11(12,13)6-7-15-10-4-2-9(8-14)3-5-10/h2-5H,6-7H2,1H3. The fourth-order valence-corrected chi connectivity index (χ4v) is 0.974. The van der Waals surface area contributed by atoms with Crippen molar-refractivity contribution < 1.29 is 13.5 Å². The molecule has 0 aliphatic heterocycles. The van der Waals surface area contributed by atoms with Gasteiger partial charge >= 0.3 is 0 Å². The molecule has 80 valence electrons. The largest absolute Gasteiger partial charge is 0.493 e. The molecule has 0 aliphatic carbocycles. The summed E-state index contributed by atoms with van der Waals surface area (Å²) in [6, 6.07) is 8.30. The highest BCUT2D eigenvalue weighted by atomic mass is 19.3. The van der Waals surface area contributed by atoms with Gasteiger partial charge in [-0.15, -0.1) is 0 Å². The first-order valence-electron chi connectivity index (χ1n) is 4.52. The fraction of sp³-hybridized carbons (Fsp3) is 0.364. The lowest BCUT2D eigenvalue weighted by atomic mass is 10.2. The van der Waals surface area contributed by atoms with Crippen molar-refractivity contribution in [1.82, 2.24) is 0 Å². The van der Waals surface area contributed by atoms with Gasteiger partial charge in [0.05, 0.1) is 18.2 Å². The number of nitriles is 1. The third-order valence-corrected chi connectivity index (χ3v) is 1.79. The van der Waals surface area contributed by atoms with Crippen LogP contribution in [0, 0.1) is 11.3 Å². The molecule has 0 saturated carbocycles. The van der Waals surface area contributed by atoms with E-state index in [-0.39, 0.29) is 13.0 Å². The van der Waals surface area contributed by atoms with Gasteiger partial charge in [-0.25, -0.2) is 8.78 Å². The van der Waals surface area contributed by atoms with Crippen LogP contribution in [0.4, 0.5) is 8.78 Å². The van der Waals surface area contributed by atoms with Crippen LogP contribution in [-0.4, -0.2) is 12.5 Å². The first kappa shape index (κ1) is 11.4. The molecule has 2 nitrogen and oxygen atoms in total. The van der Waals surface area contributed by atoms with Gasteiger partial charge in [-0.3, -0.25) is 0 Å². The van der Waals surface area contributed by atoms with Gasteiger partial charge in [0.15, 0.2) is 0 Å². The highest BCUT2D eigenvalue weighted by molar-refractivity contribution is 5.34. The second-order valence-electron chi connectivity index (χ2n) is 3.30. The SMILES string of the molecule is CC(F)(F)CCOc1ccc(C#N)cc1. The van der Waals surface area contributed by atoms with E-state index in [2.05, 4.69) is 0 Å². The predicted molar refractivity (Wildman–Crippen MR) is 51.9 cm³/mol. The number of alkyl halides is 2. The van der Waals surface area contributed by atoms with E-state index in [0.29, 0.717) is 11.3 Å². The van der Waals surface area contributed by atoms with Crippen molar-refractivity contribution in [3.63, 3.8) is 0 Å². The molecule has 0 saturated heterocycles. The summed E-state index contributed by atoms with van der Waals surface area (Å²) in [6.45, 7) is 0.824. The third-order valence-electron chi connectivity index (χ3n) is 1.79. The van der Waals surface area contributed by atoms with Crippen molar-refractivity contribution in [2.75, 3.05) is 6.61 Å².